The molecule has 0 saturated carbocycles. The number of benzene rings is 1. The van der Waals surface area contributed by atoms with E-state index in [9.17, 15) is 13.2 Å². The van der Waals surface area contributed by atoms with Gasteiger partial charge in [-0.3, -0.25) is 0 Å². The summed E-state index contributed by atoms with van der Waals surface area (Å²) < 4.78 is 32.9. The van der Waals surface area contributed by atoms with Gasteiger partial charge in [-0.05, 0) is 25.0 Å². The van der Waals surface area contributed by atoms with Gasteiger partial charge in [-0.1, -0.05) is 12.1 Å². The molecule has 0 atom stereocenters. The topological polar surface area (TPSA) is 135 Å². The molecule has 2 saturated heterocycles. The molecule has 2 N–H and O–H groups in total. The van der Waals surface area contributed by atoms with Crippen LogP contribution in [0.25, 0.3) is 22.3 Å². The molecule has 4 heterocycles. The highest BCUT2D eigenvalue weighted by atomic mass is 32.2. The van der Waals surface area contributed by atoms with E-state index in [4.69, 9.17) is 14.7 Å². The van der Waals surface area contributed by atoms with Crippen LogP contribution < -0.4 is 15.5 Å². The Kier molecular flexibility index (Phi) is 6.77. The Bertz CT molecular complexity index is 1340. The van der Waals surface area contributed by atoms with Crippen molar-refractivity contribution in [2.75, 3.05) is 62.9 Å². The van der Waals surface area contributed by atoms with Gasteiger partial charge in [0.05, 0.1) is 42.8 Å². The SMILES string of the molecule is CNC(=O)Nc1ccc(-c2nc(N3CCOCC3)nc3c2cnn3C2CCN(S(C)(=O)=O)CC2)cc1. The van der Waals surface area contributed by atoms with Crippen molar-refractivity contribution in [1.29, 1.82) is 0 Å². The molecule has 5 rings (SSSR count). The number of morpholine rings is 1. The van der Waals surface area contributed by atoms with Crippen LogP contribution >= 0.6 is 0 Å². The van der Waals surface area contributed by atoms with Gasteiger partial charge in [-0.2, -0.15) is 10.1 Å². The molecule has 192 valence electrons. The molecule has 0 bridgehead atoms. The average molecular weight is 515 g/mol. The van der Waals surface area contributed by atoms with Crippen LogP contribution in [0.2, 0.25) is 0 Å². The van der Waals surface area contributed by atoms with Gasteiger partial charge < -0.3 is 20.3 Å². The number of ether oxygens (including phenoxy) is 1. The Balaban J connectivity index is 1.52. The van der Waals surface area contributed by atoms with E-state index in [-0.39, 0.29) is 12.1 Å². The summed E-state index contributed by atoms with van der Waals surface area (Å²) in [5.74, 6) is 0.615. The third kappa shape index (κ3) is 4.99. The number of hydrogen-bond acceptors (Lipinski definition) is 8. The lowest BCUT2D eigenvalue weighted by Gasteiger charge is -2.30. The first-order chi connectivity index (χ1) is 17.3. The van der Waals surface area contributed by atoms with Crippen molar-refractivity contribution in [2.24, 2.45) is 0 Å². The molecule has 12 nitrogen and oxygen atoms in total. The van der Waals surface area contributed by atoms with Gasteiger partial charge in [0.15, 0.2) is 5.65 Å². The Morgan fingerprint density at radius 2 is 1.75 bits per heavy atom. The zero-order valence-electron chi connectivity index (χ0n) is 20.3. The van der Waals surface area contributed by atoms with Crippen molar-refractivity contribution >= 4 is 38.7 Å². The van der Waals surface area contributed by atoms with Crippen LogP contribution in [0.3, 0.4) is 0 Å². The van der Waals surface area contributed by atoms with Crippen molar-refractivity contribution in [3.63, 3.8) is 0 Å². The van der Waals surface area contributed by atoms with E-state index in [0.29, 0.717) is 63.9 Å². The van der Waals surface area contributed by atoms with Crippen molar-refractivity contribution in [3.8, 4) is 11.3 Å². The van der Waals surface area contributed by atoms with Crippen LogP contribution in [0.1, 0.15) is 18.9 Å². The number of carbonyl (C=O) groups is 1. The van der Waals surface area contributed by atoms with Crippen LogP contribution in [-0.2, 0) is 14.8 Å². The number of piperidine rings is 1. The lowest BCUT2D eigenvalue weighted by atomic mass is 10.1. The minimum absolute atomic E-state index is 0.0416. The molecule has 0 aliphatic carbocycles. The second-order valence-electron chi connectivity index (χ2n) is 8.97. The Morgan fingerprint density at radius 3 is 2.39 bits per heavy atom. The highest BCUT2D eigenvalue weighted by Crippen LogP contribution is 2.33. The molecule has 0 radical (unpaired) electrons. The zero-order chi connectivity index (χ0) is 25.3. The van der Waals surface area contributed by atoms with E-state index in [1.807, 2.05) is 28.9 Å². The van der Waals surface area contributed by atoms with Crippen LogP contribution in [0.5, 0.6) is 0 Å². The third-order valence-electron chi connectivity index (χ3n) is 6.62. The van der Waals surface area contributed by atoms with Crippen molar-refractivity contribution in [1.82, 2.24) is 29.4 Å². The molecule has 3 aromatic rings. The average Bonchev–Trinajstić information content (AvgIpc) is 3.33. The molecule has 0 unspecified atom stereocenters. The highest BCUT2D eigenvalue weighted by Gasteiger charge is 2.28. The number of hydrogen-bond donors (Lipinski definition) is 2. The van der Waals surface area contributed by atoms with Gasteiger partial charge in [-0.25, -0.2) is 27.2 Å². The van der Waals surface area contributed by atoms with Crippen LogP contribution in [-0.4, -0.2) is 91.2 Å². The Morgan fingerprint density at radius 1 is 1.06 bits per heavy atom. The van der Waals surface area contributed by atoms with E-state index < -0.39 is 10.0 Å². The summed E-state index contributed by atoms with van der Waals surface area (Å²) in [4.78, 5) is 23.6. The van der Waals surface area contributed by atoms with Crippen molar-refractivity contribution < 1.29 is 17.9 Å². The largest absolute Gasteiger partial charge is 0.378 e. The predicted octanol–water partition coefficient (Wildman–Crippen LogP) is 1.68. The number of rotatable bonds is 5. The van der Waals surface area contributed by atoms with Gasteiger partial charge in [-0.15, -0.1) is 0 Å². The van der Waals surface area contributed by atoms with Gasteiger partial charge in [0.25, 0.3) is 0 Å². The molecular formula is C23H30N8O4S. The summed E-state index contributed by atoms with van der Waals surface area (Å²) in [6.45, 7) is 3.53. The third-order valence-corrected chi connectivity index (χ3v) is 7.92. The van der Waals surface area contributed by atoms with Crippen LogP contribution in [0.4, 0.5) is 16.4 Å². The standard InChI is InChI=1S/C23H30N8O4S/c1-24-23(32)26-17-5-3-16(4-6-17)20-19-15-25-31(18-7-9-30(10-8-18)36(2,33)34)21(19)28-22(27-20)29-11-13-35-14-12-29/h3-6,15,18H,7-14H2,1-2H3,(H2,24,26,32). The lowest BCUT2D eigenvalue weighted by molar-refractivity contribution is 0.122. The predicted molar refractivity (Wildman–Crippen MR) is 137 cm³/mol. The number of nitrogens with one attached hydrogen (secondary N) is 2. The maximum Gasteiger partial charge on any atom is 0.318 e. The normalized spacial score (nSPS) is 17.9. The first-order valence-electron chi connectivity index (χ1n) is 12.0. The van der Waals surface area contributed by atoms with E-state index in [1.165, 1.54) is 10.6 Å². The van der Waals surface area contributed by atoms with Gasteiger partial charge in [0.1, 0.15) is 0 Å². The minimum Gasteiger partial charge on any atom is -0.378 e. The molecule has 2 aliphatic heterocycles. The summed E-state index contributed by atoms with van der Waals surface area (Å²) >= 11 is 0. The quantitative estimate of drug-likeness (QED) is 0.525. The minimum atomic E-state index is -3.21. The van der Waals surface area contributed by atoms with Gasteiger partial charge in [0, 0.05) is 44.5 Å². The number of aromatic nitrogens is 4. The van der Waals surface area contributed by atoms with E-state index in [0.717, 1.165) is 22.3 Å². The maximum absolute atomic E-state index is 12.0. The number of sulfonamides is 1. The van der Waals surface area contributed by atoms with E-state index in [2.05, 4.69) is 20.6 Å². The second kappa shape index (κ2) is 9.99. The first kappa shape index (κ1) is 24.4. The smallest absolute Gasteiger partial charge is 0.318 e. The second-order valence-corrected chi connectivity index (χ2v) is 11.0. The molecule has 2 aliphatic rings. The summed E-state index contributed by atoms with van der Waals surface area (Å²) in [6.07, 6.45) is 4.36. The Labute approximate surface area is 209 Å². The number of urea groups is 1. The molecule has 36 heavy (non-hydrogen) atoms. The number of fused-ring (bicyclic) bond motifs is 1. The lowest BCUT2D eigenvalue weighted by Crippen LogP contribution is -2.38. The van der Waals surface area contributed by atoms with Crippen LogP contribution in [0.15, 0.2) is 30.5 Å². The fourth-order valence-corrected chi connectivity index (χ4v) is 5.50. The zero-order valence-corrected chi connectivity index (χ0v) is 21.2. The molecule has 2 fully saturated rings. The number of nitrogens with zero attached hydrogens (tertiary/aromatic N) is 6. The van der Waals surface area contributed by atoms with Crippen LogP contribution in [0, 0.1) is 0 Å². The van der Waals surface area contributed by atoms with Crippen molar-refractivity contribution in [3.05, 3.63) is 30.5 Å². The highest BCUT2D eigenvalue weighted by molar-refractivity contribution is 7.88. The summed E-state index contributed by atoms with van der Waals surface area (Å²) in [5.41, 5.74) is 3.04. The summed E-state index contributed by atoms with van der Waals surface area (Å²) in [7, 11) is -1.64. The molecule has 1 aromatic carbocycles. The number of anilines is 2. The molecule has 2 aromatic heterocycles. The molecule has 2 amide bonds. The first-order valence-corrected chi connectivity index (χ1v) is 13.8. The molecular weight excluding hydrogens is 484 g/mol. The summed E-state index contributed by atoms with van der Waals surface area (Å²) in [5, 5.41) is 10.8. The number of carbonyl (C=O) groups excluding carboxylic acids is 1. The fourth-order valence-electron chi connectivity index (χ4n) is 4.63. The number of amides is 2. The molecule has 0 spiro atoms. The van der Waals surface area contributed by atoms with E-state index >= 15 is 0 Å². The van der Waals surface area contributed by atoms with E-state index in [1.54, 1.807) is 13.2 Å². The van der Waals surface area contributed by atoms with Gasteiger partial charge >= 0.3 is 6.03 Å². The maximum atomic E-state index is 12.0. The summed E-state index contributed by atoms with van der Waals surface area (Å²) in [6, 6.07) is 7.25. The monoisotopic (exact) mass is 514 g/mol. The van der Waals surface area contributed by atoms with Gasteiger partial charge in [0.2, 0.25) is 16.0 Å². The molecule has 13 heteroatoms. The fraction of sp³-hybridized carbons (Fsp3) is 0.478. The van der Waals surface area contributed by atoms with Crippen molar-refractivity contribution in [2.45, 2.75) is 18.9 Å². The Hall–Kier alpha value is -3.29.